The molecule has 0 bridgehead atoms. The molecular weight excluding hydrogens is 298 g/mol. The number of hydrogen-bond acceptors (Lipinski definition) is 4. The smallest absolute Gasteiger partial charge is 0.371 e. The first kappa shape index (κ1) is 15.1. The number of ether oxygens (including phenoxy) is 1. The molecule has 0 unspecified atom stereocenters. The number of carboxylic acid groups (broad SMARTS) is 1. The van der Waals surface area contributed by atoms with Gasteiger partial charge in [0.2, 0.25) is 5.76 Å². The molecule has 6 heteroatoms. The van der Waals surface area contributed by atoms with Crippen LogP contribution in [0.3, 0.4) is 0 Å². The molecule has 1 aliphatic heterocycles. The molecule has 1 aromatic carbocycles. The van der Waals surface area contributed by atoms with Gasteiger partial charge in [-0.05, 0) is 42.7 Å². The van der Waals surface area contributed by atoms with E-state index < -0.39 is 5.97 Å². The molecule has 0 saturated carbocycles. The minimum Gasteiger partial charge on any atom is -0.497 e. The summed E-state index contributed by atoms with van der Waals surface area (Å²) in [4.78, 5) is 25.2. The fourth-order valence-corrected chi connectivity index (χ4v) is 2.91. The van der Waals surface area contributed by atoms with Gasteiger partial charge in [0.1, 0.15) is 5.75 Å². The zero-order valence-corrected chi connectivity index (χ0v) is 12.7. The molecule has 2 aromatic rings. The summed E-state index contributed by atoms with van der Waals surface area (Å²) in [6.45, 7) is 0.615. The summed E-state index contributed by atoms with van der Waals surface area (Å²) in [5, 5.41) is 8.90. The number of carboxylic acids is 1. The largest absolute Gasteiger partial charge is 0.497 e. The predicted octanol–water partition coefficient (Wildman–Crippen LogP) is 2.96. The van der Waals surface area contributed by atoms with Gasteiger partial charge in [-0.2, -0.15) is 0 Å². The number of carbonyl (C=O) groups excluding carboxylic acids is 1. The lowest BCUT2D eigenvalue weighted by Crippen LogP contribution is -2.30. The van der Waals surface area contributed by atoms with Gasteiger partial charge in [-0.25, -0.2) is 4.79 Å². The molecule has 23 heavy (non-hydrogen) atoms. The van der Waals surface area contributed by atoms with Crippen molar-refractivity contribution >= 4 is 11.9 Å². The average molecular weight is 315 g/mol. The van der Waals surface area contributed by atoms with Crippen molar-refractivity contribution in [3.05, 3.63) is 53.5 Å². The Morgan fingerprint density at radius 1 is 1.26 bits per heavy atom. The number of methoxy groups -OCH3 is 1. The van der Waals surface area contributed by atoms with E-state index in [1.165, 1.54) is 12.1 Å². The maximum absolute atomic E-state index is 12.6. The van der Waals surface area contributed by atoms with E-state index >= 15 is 0 Å². The van der Waals surface area contributed by atoms with Crippen LogP contribution in [0.15, 0.2) is 40.8 Å². The number of nitrogens with zero attached hydrogens (tertiary/aromatic N) is 1. The monoisotopic (exact) mass is 315 g/mol. The Morgan fingerprint density at radius 2 is 2.04 bits per heavy atom. The summed E-state index contributed by atoms with van der Waals surface area (Å²) in [7, 11) is 1.60. The maximum atomic E-state index is 12.6. The first-order chi connectivity index (χ1) is 11.1. The fourth-order valence-electron chi connectivity index (χ4n) is 2.91. The highest BCUT2D eigenvalue weighted by Crippen LogP contribution is 2.34. The van der Waals surface area contributed by atoms with Crippen molar-refractivity contribution in [2.45, 2.75) is 18.9 Å². The molecule has 0 radical (unpaired) electrons. The molecular formula is C17H17NO5. The Kier molecular flexibility index (Phi) is 4.06. The zero-order chi connectivity index (χ0) is 16.4. The lowest BCUT2D eigenvalue weighted by molar-refractivity contribution is 0.0645. The van der Waals surface area contributed by atoms with Crippen LogP contribution in [-0.2, 0) is 0 Å². The second kappa shape index (κ2) is 6.16. The van der Waals surface area contributed by atoms with Crippen LogP contribution in [0.25, 0.3) is 0 Å². The maximum Gasteiger partial charge on any atom is 0.371 e. The normalized spacial score (nSPS) is 17.3. The van der Waals surface area contributed by atoms with Crippen molar-refractivity contribution < 1.29 is 23.8 Å². The number of aromatic carboxylic acids is 1. The van der Waals surface area contributed by atoms with Crippen LogP contribution in [-0.4, -0.2) is 35.5 Å². The molecule has 1 aliphatic rings. The number of hydrogen-bond donors (Lipinski definition) is 1. The van der Waals surface area contributed by atoms with Gasteiger partial charge in [0.25, 0.3) is 5.91 Å². The summed E-state index contributed by atoms with van der Waals surface area (Å²) < 4.78 is 10.4. The van der Waals surface area contributed by atoms with Crippen molar-refractivity contribution in [3.8, 4) is 5.75 Å². The summed E-state index contributed by atoms with van der Waals surface area (Å²) in [5.74, 6) is -0.909. The first-order valence-electron chi connectivity index (χ1n) is 7.38. The highest BCUT2D eigenvalue weighted by molar-refractivity contribution is 5.94. The molecule has 6 nitrogen and oxygen atoms in total. The van der Waals surface area contributed by atoms with Crippen molar-refractivity contribution in [1.82, 2.24) is 4.90 Å². The number of rotatable bonds is 4. The lowest BCUT2D eigenvalue weighted by Gasteiger charge is -2.24. The standard InChI is InChI=1S/C17H17NO5/c1-22-12-5-2-4-11(10-12)13-6-3-9-18(13)16(19)14-7-8-15(23-14)17(20)21/h2,4-5,7-8,10,13H,3,6,9H2,1H3,(H,20,21)/t13-/m1/s1. The summed E-state index contributed by atoms with van der Waals surface area (Å²) in [5.41, 5.74) is 1.00. The molecule has 120 valence electrons. The van der Waals surface area contributed by atoms with Crippen LogP contribution in [0.2, 0.25) is 0 Å². The molecule has 1 saturated heterocycles. The van der Waals surface area contributed by atoms with E-state index in [-0.39, 0.29) is 23.5 Å². The van der Waals surface area contributed by atoms with Crippen LogP contribution >= 0.6 is 0 Å². The number of furan rings is 1. The third-order valence-electron chi connectivity index (χ3n) is 4.02. The van der Waals surface area contributed by atoms with Gasteiger partial charge >= 0.3 is 5.97 Å². The number of likely N-dealkylation sites (tertiary alicyclic amines) is 1. The van der Waals surface area contributed by atoms with Gasteiger partial charge < -0.3 is 19.2 Å². The van der Waals surface area contributed by atoms with E-state index in [1.807, 2.05) is 24.3 Å². The second-order valence-corrected chi connectivity index (χ2v) is 5.40. The Balaban J connectivity index is 1.85. The average Bonchev–Trinajstić information content (AvgIpc) is 3.23. The van der Waals surface area contributed by atoms with E-state index in [0.29, 0.717) is 6.54 Å². The Morgan fingerprint density at radius 3 is 2.74 bits per heavy atom. The lowest BCUT2D eigenvalue weighted by atomic mass is 10.0. The molecule has 0 spiro atoms. The van der Waals surface area contributed by atoms with Gasteiger partial charge in [-0.15, -0.1) is 0 Å². The van der Waals surface area contributed by atoms with Gasteiger partial charge in [0, 0.05) is 6.54 Å². The van der Waals surface area contributed by atoms with Crippen molar-refractivity contribution in [1.29, 1.82) is 0 Å². The second-order valence-electron chi connectivity index (χ2n) is 5.40. The zero-order valence-electron chi connectivity index (χ0n) is 12.7. The third kappa shape index (κ3) is 2.92. The molecule has 1 fully saturated rings. The van der Waals surface area contributed by atoms with Crippen molar-refractivity contribution in [3.63, 3.8) is 0 Å². The van der Waals surface area contributed by atoms with E-state index in [1.54, 1.807) is 12.0 Å². The van der Waals surface area contributed by atoms with Crippen molar-refractivity contribution in [2.75, 3.05) is 13.7 Å². The topological polar surface area (TPSA) is 80.0 Å². The first-order valence-corrected chi connectivity index (χ1v) is 7.38. The molecule has 1 atom stereocenters. The predicted molar refractivity (Wildman–Crippen MR) is 81.7 cm³/mol. The van der Waals surface area contributed by atoms with Gasteiger partial charge in [-0.1, -0.05) is 12.1 Å². The molecule has 1 amide bonds. The Hall–Kier alpha value is -2.76. The van der Waals surface area contributed by atoms with E-state index in [4.69, 9.17) is 14.3 Å². The highest BCUT2D eigenvalue weighted by Gasteiger charge is 2.32. The molecule has 1 N–H and O–H groups in total. The molecule has 1 aromatic heterocycles. The minimum absolute atomic E-state index is 0.0530. The quantitative estimate of drug-likeness (QED) is 0.938. The van der Waals surface area contributed by atoms with Crippen LogP contribution in [0.4, 0.5) is 0 Å². The van der Waals surface area contributed by atoms with Gasteiger partial charge in [0.15, 0.2) is 5.76 Å². The number of benzene rings is 1. The van der Waals surface area contributed by atoms with E-state index in [0.717, 1.165) is 24.2 Å². The van der Waals surface area contributed by atoms with E-state index in [2.05, 4.69) is 0 Å². The van der Waals surface area contributed by atoms with Crippen molar-refractivity contribution in [2.24, 2.45) is 0 Å². The number of amides is 1. The van der Waals surface area contributed by atoms with Crippen LogP contribution < -0.4 is 4.74 Å². The molecule has 0 aliphatic carbocycles. The van der Waals surface area contributed by atoms with Gasteiger partial charge in [0.05, 0.1) is 13.2 Å². The van der Waals surface area contributed by atoms with Crippen LogP contribution in [0.1, 0.15) is 45.6 Å². The van der Waals surface area contributed by atoms with E-state index in [9.17, 15) is 9.59 Å². The fraction of sp³-hybridized carbons (Fsp3) is 0.294. The third-order valence-corrected chi connectivity index (χ3v) is 4.02. The Labute approximate surface area is 133 Å². The summed E-state index contributed by atoms with van der Waals surface area (Å²) in [6.07, 6.45) is 1.74. The molecule has 3 rings (SSSR count). The van der Waals surface area contributed by atoms with Crippen LogP contribution in [0.5, 0.6) is 5.75 Å². The number of carbonyl (C=O) groups is 2. The Bertz CT molecular complexity index is 736. The highest BCUT2D eigenvalue weighted by atomic mass is 16.5. The summed E-state index contributed by atoms with van der Waals surface area (Å²) in [6, 6.07) is 10.3. The van der Waals surface area contributed by atoms with Crippen LogP contribution in [0, 0.1) is 0 Å². The minimum atomic E-state index is -1.19. The SMILES string of the molecule is COc1cccc([C@H]2CCCN2C(=O)c2ccc(C(=O)O)o2)c1. The molecule has 2 heterocycles. The van der Waals surface area contributed by atoms with Gasteiger partial charge in [-0.3, -0.25) is 4.79 Å². The summed E-state index contributed by atoms with van der Waals surface area (Å²) >= 11 is 0.